The van der Waals surface area contributed by atoms with Crippen LogP contribution in [0.5, 0.6) is 0 Å². The first kappa shape index (κ1) is 17.2. The van der Waals surface area contributed by atoms with E-state index >= 15 is 0 Å². The molecule has 2 aromatic heterocycles. The minimum atomic E-state index is -0.763. The highest BCUT2D eigenvalue weighted by molar-refractivity contribution is 6.35. The molecule has 0 aliphatic rings. The Bertz CT molecular complexity index is 939. The number of rotatable bonds is 5. The van der Waals surface area contributed by atoms with Gasteiger partial charge in [0.15, 0.2) is 11.5 Å². The molecule has 0 unspecified atom stereocenters. The molecule has 0 atom stereocenters. The van der Waals surface area contributed by atoms with Crippen molar-refractivity contribution < 1.29 is 13.9 Å². The number of nitrogen functional groups attached to an aromatic ring is 1. The lowest BCUT2D eigenvalue weighted by Gasteiger charge is -2.11. The zero-order valence-corrected chi connectivity index (χ0v) is 14.4. The van der Waals surface area contributed by atoms with Gasteiger partial charge in [-0.3, -0.25) is 0 Å². The van der Waals surface area contributed by atoms with E-state index in [-0.39, 0.29) is 28.7 Å². The predicted octanol–water partition coefficient (Wildman–Crippen LogP) is 4.56. The summed E-state index contributed by atoms with van der Waals surface area (Å²) < 4.78 is 19.7. The summed E-state index contributed by atoms with van der Waals surface area (Å²) in [5.74, 6) is -1.48. The van der Waals surface area contributed by atoms with Crippen LogP contribution in [0.15, 0.2) is 30.5 Å². The smallest absolute Gasteiger partial charge is 0.358 e. The number of fused-ring (bicyclic) bond motifs is 1. The molecule has 3 rings (SSSR count). The third-order valence-electron chi connectivity index (χ3n) is 3.87. The Morgan fingerprint density at radius 3 is 2.96 bits per heavy atom. The molecule has 0 bridgehead atoms. The summed E-state index contributed by atoms with van der Waals surface area (Å²) in [6, 6.07) is 7.17. The van der Waals surface area contributed by atoms with Gasteiger partial charge in [-0.2, -0.15) is 0 Å². The van der Waals surface area contributed by atoms with Crippen LogP contribution in [0.2, 0.25) is 5.02 Å². The number of ether oxygens (including phenoxy) is 1. The fourth-order valence-electron chi connectivity index (χ4n) is 2.46. The Morgan fingerprint density at radius 1 is 1.40 bits per heavy atom. The lowest BCUT2D eigenvalue weighted by molar-refractivity contribution is 0.0493. The summed E-state index contributed by atoms with van der Waals surface area (Å²) in [5, 5.41) is 0.744. The number of nitrogens with one attached hydrogen (secondary N) is 1. The molecule has 25 heavy (non-hydrogen) atoms. The van der Waals surface area contributed by atoms with Gasteiger partial charge in [0, 0.05) is 17.3 Å². The Hall–Kier alpha value is -2.60. The summed E-state index contributed by atoms with van der Waals surface area (Å²) >= 11 is 6.01. The highest BCUT2D eigenvalue weighted by Crippen LogP contribution is 2.33. The number of H-pyrrole nitrogens is 1. The van der Waals surface area contributed by atoms with Crippen LogP contribution in [0.25, 0.3) is 22.2 Å². The Kier molecular flexibility index (Phi) is 4.90. The van der Waals surface area contributed by atoms with Crippen LogP contribution < -0.4 is 5.73 Å². The van der Waals surface area contributed by atoms with Gasteiger partial charge in [0.25, 0.3) is 0 Å². The van der Waals surface area contributed by atoms with E-state index in [9.17, 15) is 9.18 Å². The van der Waals surface area contributed by atoms with Gasteiger partial charge in [0.1, 0.15) is 5.69 Å². The van der Waals surface area contributed by atoms with Crippen molar-refractivity contribution in [2.45, 2.75) is 19.8 Å². The van der Waals surface area contributed by atoms with Crippen LogP contribution in [0.1, 0.15) is 30.3 Å². The highest BCUT2D eigenvalue weighted by atomic mass is 35.5. The standard InChI is InChI=1S/C18H17ClFN3O2/c1-2-3-8-25-18(24)17-13(19)15(21)14(20)16(23-17)11-5-4-10-6-7-22-12(10)9-11/h4-7,9,22H,2-3,8H2,1H3,(H2,21,23). The number of hydrogen-bond acceptors (Lipinski definition) is 4. The fourth-order valence-corrected chi connectivity index (χ4v) is 2.66. The molecule has 0 fully saturated rings. The maximum atomic E-state index is 14.6. The quantitative estimate of drug-likeness (QED) is 0.515. The van der Waals surface area contributed by atoms with Crippen LogP contribution in [0.4, 0.5) is 10.1 Å². The van der Waals surface area contributed by atoms with Gasteiger partial charge in [-0.15, -0.1) is 0 Å². The lowest BCUT2D eigenvalue weighted by Crippen LogP contribution is -2.12. The molecule has 0 spiro atoms. The Balaban J connectivity index is 2.05. The highest BCUT2D eigenvalue weighted by Gasteiger charge is 2.23. The van der Waals surface area contributed by atoms with E-state index < -0.39 is 11.8 Å². The predicted molar refractivity (Wildman–Crippen MR) is 96.1 cm³/mol. The average molecular weight is 362 g/mol. The molecular formula is C18H17ClFN3O2. The fraction of sp³-hybridized carbons (Fsp3) is 0.222. The third-order valence-corrected chi connectivity index (χ3v) is 4.25. The van der Waals surface area contributed by atoms with E-state index in [1.807, 2.05) is 19.1 Å². The Morgan fingerprint density at radius 2 is 2.20 bits per heavy atom. The van der Waals surface area contributed by atoms with Crippen molar-refractivity contribution in [3.05, 3.63) is 47.0 Å². The molecule has 0 amide bonds. The number of pyridine rings is 1. The largest absolute Gasteiger partial charge is 0.461 e. The van der Waals surface area contributed by atoms with Crippen molar-refractivity contribution in [2.75, 3.05) is 12.3 Å². The maximum Gasteiger partial charge on any atom is 0.358 e. The first-order valence-corrected chi connectivity index (χ1v) is 8.29. The van der Waals surface area contributed by atoms with Gasteiger partial charge in [-0.25, -0.2) is 14.2 Å². The number of halogens is 2. The first-order chi connectivity index (χ1) is 12.0. The molecule has 0 aliphatic heterocycles. The van der Waals surface area contributed by atoms with Crippen LogP contribution >= 0.6 is 11.6 Å². The molecule has 130 valence electrons. The second kappa shape index (κ2) is 7.11. The number of hydrogen-bond donors (Lipinski definition) is 2. The molecule has 1 aromatic carbocycles. The average Bonchev–Trinajstić information content (AvgIpc) is 3.07. The number of esters is 1. The number of benzene rings is 1. The summed E-state index contributed by atoms with van der Waals surface area (Å²) in [7, 11) is 0. The van der Waals surface area contributed by atoms with Gasteiger partial charge < -0.3 is 15.5 Å². The van der Waals surface area contributed by atoms with E-state index in [4.69, 9.17) is 22.1 Å². The number of nitrogens with two attached hydrogens (primary N) is 1. The van der Waals surface area contributed by atoms with Crippen molar-refractivity contribution in [3.63, 3.8) is 0 Å². The van der Waals surface area contributed by atoms with E-state index in [0.717, 1.165) is 23.7 Å². The van der Waals surface area contributed by atoms with Gasteiger partial charge >= 0.3 is 5.97 Å². The maximum absolute atomic E-state index is 14.6. The number of nitrogens with zero attached hydrogens (tertiary/aromatic N) is 1. The summed E-state index contributed by atoms with van der Waals surface area (Å²) in [6.45, 7) is 2.22. The Labute approximate surface area is 149 Å². The second-order valence-electron chi connectivity index (χ2n) is 5.62. The monoisotopic (exact) mass is 361 g/mol. The molecule has 0 radical (unpaired) electrons. The second-order valence-corrected chi connectivity index (χ2v) is 6.00. The van der Waals surface area contributed by atoms with E-state index in [1.54, 1.807) is 18.3 Å². The van der Waals surface area contributed by atoms with Gasteiger partial charge in [-0.05, 0) is 23.9 Å². The summed E-state index contributed by atoms with van der Waals surface area (Å²) in [5.41, 5.74) is 6.51. The number of carbonyl (C=O) groups is 1. The van der Waals surface area contributed by atoms with Crippen molar-refractivity contribution in [3.8, 4) is 11.3 Å². The molecule has 0 aliphatic carbocycles. The van der Waals surface area contributed by atoms with Crippen LogP contribution in [-0.4, -0.2) is 22.5 Å². The zero-order chi connectivity index (χ0) is 18.0. The molecule has 5 nitrogen and oxygen atoms in total. The normalized spacial score (nSPS) is 11.0. The zero-order valence-electron chi connectivity index (χ0n) is 13.6. The van der Waals surface area contributed by atoms with Crippen LogP contribution in [0, 0.1) is 5.82 Å². The number of aromatic nitrogens is 2. The minimum Gasteiger partial charge on any atom is -0.461 e. The molecule has 7 heteroatoms. The molecule has 3 aromatic rings. The molecule has 0 saturated heterocycles. The van der Waals surface area contributed by atoms with Crippen molar-refractivity contribution in [1.29, 1.82) is 0 Å². The van der Waals surface area contributed by atoms with Crippen LogP contribution in [0.3, 0.4) is 0 Å². The molecule has 0 saturated carbocycles. The van der Waals surface area contributed by atoms with E-state index in [2.05, 4.69) is 9.97 Å². The van der Waals surface area contributed by atoms with Gasteiger partial charge in [0.05, 0.1) is 17.3 Å². The summed E-state index contributed by atoms with van der Waals surface area (Å²) in [4.78, 5) is 19.4. The molecule has 3 N–H and O–H groups in total. The number of carbonyl (C=O) groups excluding carboxylic acids is 1. The van der Waals surface area contributed by atoms with Gasteiger partial charge in [-0.1, -0.05) is 37.1 Å². The number of unbranched alkanes of at least 4 members (excludes halogenated alkanes) is 1. The van der Waals surface area contributed by atoms with Crippen molar-refractivity contribution in [1.82, 2.24) is 9.97 Å². The van der Waals surface area contributed by atoms with Gasteiger partial charge in [0.2, 0.25) is 0 Å². The topological polar surface area (TPSA) is 81.0 Å². The number of anilines is 1. The van der Waals surface area contributed by atoms with E-state index in [0.29, 0.717) is 5.56 Å². The SMILES string of the molecule is CCCCOC(=O)c1nc(-c2ccc3cc[nH]c3c2)c(F)c(N)c1Cl. The molecule has 2 heterocycles. The minimum absolute atomic E-state index is 0.0409. The van der Waals surface area contributed by atoms with E-state index in [1.165, 1.54) is 0 Å². The number of aromatic amines is 1. The third kappa shape index (κ3) is 3.30. The summed E-state index contributed by atoms with van der Waals surface area (Å²) in [6.07, 6.45) is 3.38. The van der Waals surface area contributed by atoms with Crippen molar-refractivity contribution >= 4 is 34.2 Å². The molecular weight excluding hydrogens is 345 g/mol. The first-order valence-electron chi connectivity index (χ1n) is 7.92. The lowest BCUT2D eigenvalue weighted by atomic mass is 10.1. The van der Waals surface area contributed by atoms with Crippen molar-refractivity contribution in [2.24, 2.45) is 0 Å². The van der Waals surface area contributed by atoms with Crippen LogP contribution in [-0.2, 0) is 4.74 Å².